The summed E-state index contributed by atoms with van der Waals surface area (Å²) in [5.41, 5.74) is 6.48. The molecule has 1 amide bonds. The lowest BCUT2D eigenvalue weighted by atomic mass is 10.2. The van der Waals surface area contributed by atoms with E-state index >= 15 is 0 Å². The van der Waals surface area contributed by atoms with Gasteiger partial charge in [-0.15, -0.1) is 5.10 Å². The maximum absolute atomic E-state index is 11.4. The number of halogens is 1. The van der Waals surface area contributed by atoms with Crippen LogP contribution in [0.5, 0.6) is 0 Å². The third-order valence-electron chi connectivity index (χ3n) is 2.44. The Morgan fingerprint density at radius 1 is 1.47 bits per heavy atom. The predicted octanol–water partition coefficient (Wildman–Crippen LogP) is 1.27. The van der Waals surface area contributed by atoms with E-state index in [-0.39, 0.29) is 11.9 Å². The molecule has 2 rings (SSSR count). The molecule has 0 fully saturated rings. The van der Waals surface area contributed by atoms with Crippen molar-refractivity contribution in [3.05, 3.63) is 41.2 Å². The highest BCUT2D eigenvalue weighted by Gasteiger charge is 2.10. The summed E-state index contributed by atoms with van der Waals surface area (Å²) in [7, 11) is 0. The summed E-state index contributed by atoms with van der Waals surface area (Å²) in [6.07, 6.45) is 1.55. The van der Waals surface area contributed by atoms with Gasteiger partial charge in [0.25, 0.3) is 0 Å². The molecule has 0 aliphatic rings. The summed E-state index contributed by atoms with van der Waals surface area (Å²) in [5.74, 6) is -0.0690. The lowest BCUT2D eigenvalue weighted by Crippen LogP contribution is -2.32. The zero-order valence-corrected chi connectivity index (χ0v) is 11.1. The maximum atomic E-state index is 11.4. The molecule has 1 aromatic carbocycles. The van der Waals surface area contributed by atoms with E-state index in [2.05, 4.69) is 15.4 Å². The Balaban J connectivity index is 2.01. The SMILES string of the molecule is CC(N)C(=O)Nc1ncn(Cc2ccc(Cl)cc2)n1. The number of carbonyl (C=O) groups excluding carboxylic acids is 1. The Morgan fingerprint density at radius 2 is 2.16 bits per heavy atom. The van der Waals surface area contributed by atoms with Gasteiger partial charge in [-0.25, -0.2) is 9.67 Å². The van der Waals surface area contributed by atoms with Crippen molar-refractivity contribution >= 4 is 23.5 Å². The Morgan fingerprint density at radius 3 is 2.79 bits per heavy atom. The fourth-order valence-electron chi connectivity index (χ4n) is 1.43. The third-order valence-corrected chi connectivity index (χ3v) is 2.69. The molecule has 0 spiro atoms. The van der Waals surface area contributed by atoms with Crippen LogP contribution in [0.25, 0.3) is 0 Å². The van der Waals surface area contributed by atoms with E-state index in [1.165, 1.54) is 0 Å². The van der Waals surface area contributed by atoms with Crippen molar-refractivity contribution in [2.75, 3.05) is 5.32 Å². The molecule has 1 heterocycles. The number of nitrogens with two attached hydrogens (primary N) is 1. The van der Waals surface area contributed by atoms with Crippen LogP contribution >= 0.6 is 11.6 Å². The van der Waals surface area contributed by atoms with Gasteiger partial charge in [0.05, 0.1) is 12.6 Å². The summed E-state index contributed by atoms with van der Waals surface area (Å²) in [4.78, 5) is 15.4. The van der Waals surface area contributed by atoms with Crippen LogP contribution in [0.15, 0.2) is 30.6 Å². The smallest absolute Gasteiger partial charge is 0.248 e. The van der Waals surface area contributed by atoms with Crippen LogP contribution in [0.4, 0.5) is 5.95 Å². The predicted molar refractivity (Wildman–Crippen MR) is 72.9 cm³/mol. The number of nitrogens with one attached hydrogen (secondary N) is 1. The van der Waals surface area contributed by atoms with Crippen LogP contribution in [0.3, 0.4) is 0 Å². The van der Waals surface area contributed by atoms with Crippen LogP contribution in [0.1, 0.15) is 12.5 Å². The first-order valence-corrected chi connectivity index (χ1v) is 6.13. The van der Waals surface area contributed by atoms with Gasteiger partial charge in [0.1, 0.15) is 6.33 Å². The maximum Gasteiger partial charge on any atom is 0.248 e. The van der Waals surface area contributed by atoms with Crippen molar-refractivity contribution in [2.45, 2.75) is 19.5 Å². The monoisotopic (exact) mass is 279 g/mol. The molecule has 0 aliphatic heterocycles. The molecule has 100 valence electrons. The largest absolute Gasteiger partial charge is 0.320 e. The second-order valence-electron chi connectivity index (χ2n) is 4.17. The summed E-state index contributed by atoms with van der Waals surface area (Å²) in [5, 5.41) is 7.35. The van der Waals surface area contributed by atoms with Gasteiger partial charge in [0.2, 0.25) is 11.9 Å². The molecule has 0 bridgehead atoms. The van der Waals surface area contributed by atoms with Crippen molar-refractivity contribution in [3.63, 3.8) is 0 Å². The van der Waals surface area contributed by atoms with E-state index in [4.69, 9.17) is 17.3 Å². The van der Waals surface area contributed by atoms with Gasteiger partial charge in [-0.1, -0.05) is 23.7 Å². The summed E-state index contributed by atoms with van der Waals surface area (Å²) in [6, 6.07) is 6.84. The molecule has 6 nitrogen and oxygen atoms in total. The minimum atomic E-state index is -0.594. The average molecular weight is 280 g/mol. The van der Waals surface area contributed by atoms with E-state index in [0.29, 0.717) is 11.6 Å². The molecule has 0 radical (unpaired) electrons. The van der Waals surface area contributed by atoms with Gasteiger partial charge in [0, 0.05) is 5.02 Å². The summed E-state index contributed by atoms with van der Waals surface area (Å²) in [6.45, 7) is 2.15. The molecule has 1 atom stereocenters. The van der Waals surface area contributed by atoms with Crippen molar-refractivity contribution in [3.8, 4) is 0 Å². The number of hydrogen-bond acceptors (Lipinski definition) is 4. The van der Waals surface area contributed by atoms with E-state index < -0.39 is 6.04 Å². The molecule has 1 unspecified atom stereocenters. The molecule has 19 heavy (non-hydrogen) atoms. The average Bonchev–Trinajstić information content (AvgIpc) is 2.79. The van der Waals surface area contributed by atoms with E-state index in [9.17, 15) is 4.79 Å². The van der Waals surface area contributed by atoms with Gasteiger partial charge in [0.15, 0.2) is 0 Å². The van der Waals surface area contributed by atoms with Crippen molar-refractivity contribution in [1.82, 2.24) is 14.8 Å². The molecule has 0 saturated carbocycles. The normalized spacial score (nSPS) is 12.2. The fraction of sp³-hybridized carbons (Fsp3) is 0.250. The highest BCUT2D eigenvalue weighted by atomic mass is 35.5. The second-order valence-corrected chi connectivity index (χ2v) is 4.61. The number of aromatic nitrogens is 3. The second kappa shape index (κ2) is 5.81. The number of carbonyl (C=O) groups is 1. The molecule has 0 aliphatic carbocycles. The lowest BCUT2D eigenvalue weighted by molar-refractivity contribution is -0.117. The number of rotatable bonds is 4. The van der Waals surface area contributed by atoms with Crippen LogP contribution in [0, 0.1) is 0 Å². The molecule has 7 heteroatoms. The number of amides is 1. The minimum absolute atomic E-state index is 0.247. The first-order chi connectivity index (χ1) is 9.04. The van der Waals surface area contributed by atoms with Gasteiger partial charge >= 0.3 is 0 Å². The number of nitrogens with zero attached hydrogens (tertiary/aromatic N) is 3. The third kappa shape index (κ3) is 3.77. The molecule has 0 saturated heterocycles. The van der Waals surface area contributed by atoms with Crippen molar-refractivity contribution < 1.29 is 4.79 Å². The van der Waals surface area contributed by atoms with Crippen molar-refractivity contribution in [2.24, 2.45) is 5.73 Å². The molecule has 3 N–H and O–H groups in total. The number of benzene rings is 1. The number of anilines is 1. The molecular formula is C12H14ClN5O. The molecule has 1 aromatic heterocycles. The Hall–Kier alpha value is -1.92. The van der Waals surface area contributed by atoms with Crippen LogP contribution < -0.4 is 11.1 Å². The number of hydrogen-bond donors (Lipinski definition) is 2. The van der Waals surface area contributed by atoms with Crippen molar-refractivity contribution in [1.29, 1.82) is 0 Å². The first kappa shape index (κ1) is 13.5. The summed E-state index contributed by atoms with van der Waals surface area (Å²) < 4.78 is 1.63. The minimum Gasteiger partial charge on any atom is -0.320 e. The van der Waals surface area contributed by atoms with Gasteiger partial charge in [-0.3, -0.25) is 10.1 Å². The van der Waals surface area contributed by atoms with Crippen LogP contribution in [-0.2, 0) is 11.3 Å². The zero-order chi connectivity index (χ0) is 13.8. The highest BCUT2D eigenvalue weighted by molar-refractivity contribution is 6.30. The zero-order valence-electron chi connectivity index (χ0n) is 10.4. The van der Waals surface area contributed by atoms with E-state index in [1.54, 1.807) is 17.9 Å². The van der Waals surface area contributed by atoms with Gasteiger partial charge in [-0.2, -0.15) is 0 Å². The standard InChI is InChI=1S/C12H14ClN5O/c1-8(14)11(19)16-12-15-7-18(17-12)6-9-2-4-10(13)5-3-9/h2-5,7-8H,6,14H2,1H3,(H,16,17,19). The summed E-state index contributed by atoms with van der Waals surface area (Å²) >= 11 is 5.81. The van der Waals surface area contributed by atoms with Crippen LogP contribution in [-0.4, -0.2) is 26.7 Å². The van der Waals surface area contributed by atoms with Gasteiger partial charge in [-0.05, 0) is 24.6 Å². The highest BCUT2D eigenvalue weighted by Crippen LogP contribution is 2.10. The van der Waals surface area contributed by atoms with E-state index in [1.807, 2.05) is 24.3 Å². The Kier molecular flexibility index (Phi) is 4.13. The molecule has 2 aromatic rings. The Bertz CT molecular complexity index is 564. The quantitative estimate of drug-likeness (QED) is 0.882. The topological polar surface area (TPSA) is 85.8 Å². The first-order valence-electron chi connectivity index (χ1n) is 5.75. The fourth-order valence-corrected chi connectivity index (χ4v) is 1.55. The lowest BCUT2D eigenvalue weighted by Gasteiger charge is -2.03. The Labute approximate surface area is 115 Å². The molecular weight excluding hydrogens is 266 g/mol. The van der Waals surface area contributed by atoms with Gasteiger partial charge < -0.3 is 5.73 Å². The van der Waals surface area contributed by atoms with Crippen LogP contribution in [0.2, 0.25) is 5.02 Å². The van der Waals surface area contributed by atoms with E-state index in [0.717, 1.165) is 5.56 Å².